The second-order valence-electron chi connectivity index (χ2n) is 9.71. The van der Waals surface area contributed by atoms with Gasteiger partial charge in [-0.1, -0.05) is 22.6 Å². The maximum Gasteiger partial charge on any atom is 0.416 e. The van der Waals surface area contributed by atoms with E-state index >= 15 is 0 Å². The van der Waals surface area contributed by atoms with Gasteiger partial charge in [-0.15, -0.1) is 5.10 Å². The van der Waals surface area contributed by atoms with Gasteiger partial charge in [-0.05, 0) is 56.9 Å². The second kappa shape index (κ2) is 12.1. The number of likely N-dealkylation sites (N-methyl/N-ethyl adjacent to an activating group) is 2. The Morgan fingerprint density at radius 1 is 1.05 bits per heavy atom. The Morgan fingerprint density at radius 2 is 1.80 bits per heavy atom. The molecular formula is C27H29F3N8O2S. The van der Waals surface area contributed by atoms with Crippen molar-refractivity contribution in [2.75, 3.05) is 49.8 Å². The predicted octanol–water partition coefficient (Wildman–Crippen LogP) is 4.93. The lowest BCUT2D eigenvalue weighted by atomic mass is 10.1. The summed E-state index contributed by atoms with van der Waals surface area (Å²) in [5, 5.41) is 14.0. The first-order valence-corrected chi connectivity index (χ1v) is 13.3. The average Bonchev–Trinajstić information content (AvgIpc) is 3.56. The van der Waals surface area contributed by atoms with Crippen molar-refractivity contribution in [3.05, 3.63) is 65.5 Å². The highest BCUT2D eigenvalue weighted by atomic mass is 32.1. The van der Waals surface area contributed by atoms with Crippen molar-refractivity contribution in [1.29, 1.82) is 0 Å². The van der Waals surface area contributed by atoms with Crippen molar-refractivity contribution >= 4 is 39.7 Å². The zero-order chi connectivity index (χ0) is 29.9. The summed E-state index contributed by atoms with van der Waals surface area (Å²) in [5.74, 6) is -0.812. The molecule has 2 amide bonds. The van der Waals surface area contributed by atoms with E-state index in [1.165, 1.54) is 29.0 Å². The number of benzene rings is 2. The summed E-state index contributed by atoms with van der Waals surface area (Å²) in [6, 6.07) is 8.42. The molecule has 4 aromatic rings. The minimum absolute atomic E-state index is 0.0295. The van der Waals surface area contributed by atoms with Gasteiger partial charge in [0, 0.05) is 50.2 Å². The monoisotopic (exact) mass is 586 g/mol. The molecule has 0 radical (unpaired) electrons. The molecule has 0 aliphatic carbocycles. The molecule has 2 aromatic heterocycles. The fourth-order valence-electron chi connectivity index (χ4n) is 3.84. The molecule has 2 heterocycles. The topological polar surface area (TPSA) is 108 Å². The van der Waals surface area contributed by atoms with Gasteiger partial charge in [-0.2, -0.15) is 13.2 Å². The Bertz CT molecular complexity index is 1560. The molecule has 216 valence electrons. The summed E-state index contributed by atoms with van der Waals surface area (Å²) in [4.78, 5) is 32.9. The van der Waals surface area contributed by atoms with E-state index in [-0.39, 0.29) is 17.2 Å². The fraction of sp³-hybridized carbons (Fsp3) is 0.296. The highest BCUT2D eigenvalue weighted by molar-refractivity contribution is 7.19. The first kappa shape index (κ1) is 29.7. The number of aromatic nitrogens is 4. The number of hydrogen-bond donors (Lipinski definition) is 2. The van der Waals surface area contributed by atoms with E-state index in [0.29, 0.717) is 40.2 Å². The van der Waals surface area contributed by atoms with E-state index in [1.807, 2.05) is 25.9 Å². The number of nitrogens with zero attached hydrogens (tertiary/aromatic N) is 6. The van der Waals surface area contributed by atoms with Crippen LogP contribution in [0.15, 0.2) is 48.8 Å². The number of hydrogen-bond acceptors (Lipinski definition) is 8. The van der Waals surface area contributed by atoms with Gasteiger partial charge in [0.1, 0.15) is 5.69 Å². The summed E-state index contributed by atoms with van der Waals surface area (Å²) >= 11 is 1.24. The molecule has 14 heteroatoms. The van der Waals surface area contributed by atoms with Gasteiger partial charge >= 0.3 is 6.18 Å². The zero-order valence-corrected chi connectivity index (χ0v) is 23.9. The third-order valence-corrected chi connectivity index (χ3v) is 7.01. The van der Waals surface area contributed by atoms with Crippen LogP contribution in [0.2, 0.25) is 0 Å². The number of nitrogens with one attached hydrogen (secondary N) is 2. The number of halogens is 3. The average molecular weight is 587 g/mol. The number of anilines is 3. The minimum atomic E-state index is -4.58. The molecule has 0 spiro atoms. The van der Waals surface area contributed by atoms with Gasteiger partial charge < -0.3 is 20.4 Å². The molecule has 0 fully saturated rings. The summed E-state index contributed by atoms with van der Waals surface area (Å²) in [7, 11) is 5.46. The lowest BCUT2D eigenvalue weighted by Gasteiger charge is -2.23. The van der Waals surface area contributed by atoms with Crippen LogP contribution in [0.25, 0.3) is 16.3 Å². The van der Waals surface area contributed by atoms with Gasteiger partial charge in [0.15, 0.2) is 5.13 Å². The normalized spacial score (nSPS) is 11.5. The smallest absolute Gasteiger partial charge is 0.373 e. The van der Waals surface area contributed by atoms with Crippen LogP contribution in [0.3, 0.4) is 0 Å². The van der Waals surface area contributed by atoms with Gasteiger partial charge in [-0.25, -0.2) is 9.67 Å². The standard InChI is InChI=1S/C27H29F3N8O2S/c1-16-6-7-18(10-23(16)38-15-22(34-35-38)24-14-31-26(41-24)32-17(2)39)25(40)33-20-11-19(27(28,29)30)12-21(13-20)37(5)9-8-36(3)4/h6-7,10-15H,8-9H2,1-5H3,(H,33,40)(H,31,32,39). The van der Waals surface area contributed by atoms with Gasteiger partial charge in [-0.3, -0.25) is 9.59 Å². The Kier molecular flexibility index (Phi) is 8.73. The summed E-state index contributed by atoms with van der Waals surface area (Å²) in [6.07, 6.45) is -1.35. The van der Waals surface area contributed by atoms with E-state index in [0.717, 1.165) is 17.7 Å². The second-order valence-corrected chi connectivity index (χ2v) is 10.7. The van der Waals surface area contributed by atoms with Crippen LogP contribution in [-0.2, 0) is 11.0 Å². The summed E-state index contributed by atoms with van der Waals surface area (Å²) < 4.78 is 42.5. The SMILES string of the molecule is CC(=O)Nc1ncc(-c2cn(-c3cc(C(=O)Nc4cc(N(C)CCN(C)C)cc(C(F)(F)F)c4)ccc3C)nn2)s1. The number of thiazole rings is 1. The molecule has 0 aliphatic rings. The van der Waals surface area contributed by atoms with E-state index in [9.17, 15) is 22.8 Å². The summed E-state index contributed by atoms with van der Waals surface area (Å²) in [5.41, 5.74) is 1.62. The third kappa shape index (κ3) is 7.46. The van der Waals surface area contributed by atoms with Crippen LogP contribution >= 0.6 is 11.3 Å². The number of carbonyl (C=O) groups excluding carboxylic acids is 2. The molecule has 0 saturated heterocycles. The van der Waals surface area contributed by atoms with Crippen LogP contribution in [0, 0.1) is 6.92 Å². The molecule has 10 nitrogen and oxygen atoms in total. The molecular weight excluding hydrogens is 557 g/mol. The van der Waals surface area contributed by atoms with E-state index in [2.05, 4.69) is 25.9 Å². The lowest BCUT2D eigenvalue weighted by Crippen LogP contribution is -2.28. The van der Waals surface area contributed by atoms with Crippen molar-refractivity contribution < 1.29 is 22.8 Å². The van der Waals surface area contributed by atoms with Crippen LogP contribution < -0.4 is 15.5 Å². The van der Waals surface area contributed by atoms with Crippen molar-refractivity contribution in [2.24, 2.45) is 0 Å². The van der Waals surface area contributed by atoms with Crippen LogP contribution in [-0.4, -0.2) is 70.9 Å². The van der Waals surface area contributed by atoms with Crippen LogP contribution in [0.1, 0.15) is 28.4 Å². The fourth-order valence-corrected chi connectivity index (χ4v) is 4.65. The number of aryl methyl sites for hydroxylation is 1. The van der Waals surface area contributed by atoms with E-state index < -0.39 is 17.6 Å². The quantitative estimate of drug-likeness (QED) is 0.287. The molecule has 4 rings (SSSR count). The Labute approximate surface area is 238 Å². The molecule has 0 atom stereocenters. The van der Waals surface area contributed by atoms with Crippen molar-refractivity contribution in [3.63, 3.8) is 0 Å². The molecule has 0 aliphatic heterocycles. The Hall–Kier alpha value is -4.30. The highest BCUT2D eigenvalue weighted by Gasteiger charge is 2.32. The minimum Gasteiger partial charge on any atom is -0.373 e. The number of amides is 2. The summed E-state index contributed by atoms with van der Waals surface area (Å²) in [6.45, 7) is 4.37. The molecule has 0 saturated carbocycles. The first-order chi connectivity index (χ1) is 19.3. The van der Waals surface area contributed by atoms with E-state index in [4.69, 9.17) is 0 Å². The largest absolute Gasteiger partial charge is 0.416 e. The van der Waals surface area contributed by atoms with Crippen molar-refractivity contribution in [2.45, 2.75) is 20.0 Å². The van der Waals surface area contributed by atoms with Gasteiger partial charge in [0.2, 0.25) is 5.91 Å². The van der Waals surface area contributed by atoms with Crippen LogP contribution in [0.5, 0.6) is 0 Å². The lowest BCUT2D eigenvalue weighted by molar-refractivity contribution is -0.137. The third-order valence-electron chi connectivity index (χ3n) is 6.08. The van der Waals surface area contributed by atoms with Crippen molar-refractivity contribution in [3.8, 4) is 16.3 Å². The van der Waals surface area contributed by atoms with Gasteiger partial charge in [0.05, 0.1) is 22.3 Å². The zero-order valence-electron chi connectivity index (χ0n) is 23.1. The highest BCUT2D eigenvalue weighted by Crippen LogP contribution is 2.34. The molecule has 41 heavy (non-hydrogen) atoms. The molecule has 2 aromatic carbocycles. The maximum absolute atomic E-state index is 13.7. The maximum atomic E-state index is 13.7. The predicted molar refractivity (Wildman–Crippen MR) is 153 cm³/mol. The van der Waals surface area contributed by atoms with Crippen LogP contribution in [0.4, 0.5) is 29.7 Å². The molecule has 0 unspecified atom stereocenters. The van der Waals surface area contributed by atoms with E-state index in [1.54, 1.807) is 42.5 Å². The molecule has 2 N–H and O–H groups in total. The number of alkyl halides is 3. The van der Waals surface area contributed by atoms with Crippen molar-refractivity contribution in [1.82, 2.24) is 24.9 Å². The Balaban J connectivity index is 1.58. The first-order valence-electron chi connectivity index (χ1n) is 12.5. The Morgan fingerprint density at radius 3 is 2.49 bits per heavy atom. The molecule has 0 bridgehead atoms. The number of carbonyl (C=O) groups is 2. The number of rotatable bonds is 9. The van der Waals surface area contributed by atoms with Gasteiger partial charge in [0.25, 0.3) is 5.91 Å².